The van der Waals surface area contributed by atoms with Crippen LogP contribution in [0, 0.1) is 0 Å². The molecule has 0 heterocycles. The van der Waals surface area contributed by atoms with Gasteiger partial charge in [0.1, 0.15) is 0 Å². The van der Waals surface area contributed by atoms with Crippen molar-refractivity contribution < 1.29 is 4.79 Å². The molecule has 0 unspecified atom stereocenters. The molecule has 0 aliphatic carbocycles. The smallest absolute Gasteiger partial charge is 0.242 e. The molecule has 3 nitrogen and oxygen atoms in total. The maximum absolute atomic E-state index is 9.97. The maximum Gasteiger partial charge on any atom is 0.242 e. The molecule has 0 saturated carbocycles. The van der Waals surface area contributed by atoms with Crippen LogP contribution in [0.2, 0.25) is 0 Å². The Kier molecular flexibility index (Phi) is 3.66. The third kappa shape index (κ3) is 5.01. The number of carbonyl (C=O) groups is 1. The minimum Gasteiger partial charge on any atom is -0.391 e. The van der Waals surface area contributed by atoms with Crippen molar-refractivity contribution in [3.63, 3.8) is 0 Å². The zero-order valence-corrected chi connectivity index (χ0v) is 4.85. The average Bonchev–Trinajstić information content (AvgIpc) is 1.66. The summed E-state index contributed by atoms with van der Waals surface area (Å²) < 4.78 is 0. The molecule has 0 rings (SSSR count). The van der Waals surface area contributed by atoms with E-state index in [1.54, 1.807) is 0 Å². The van der Waals surface area contributed by atoms with Gasteiger partial charge < -0.3 is 11.1 Å². The highest BCUT2D eigenvalue weighted by Crippen LogP contribution is 1.62. The fourth-order valence-electron chi connectivity index (χ4n) is 0.259. The molecular formula is C5H10N2O. The van der Waals surface area contributed by atoms with Crippen molar-refractivity contribution in [2.45, 2.75) is 6.92 Å². The van der Waals surface area contributed by atoms with Gasteiger partial charge in [-0.15, -0.1) is 0 Å². The molecule has 0 saturated heterocycles. The highest BCUT2D eigenvalue weighted by atomic mass is 16.1. The quantitative estimate of drug-likeness (QED) is 0.490. The Morgan fingerprint density at radius 1 is 1.88 bits per heavy atom. The molecule has 0 spiro atoms. The monoisotopic (exact) mass is 114 g/mol. The fraction of sp³-hybridized carbons (Fsp3) is 0.400. The second kappa shape index (κ2) is 4.18. The molecule has 0 aliphatic heterocycles. The van der Waals surface area contributed by atoms with Crippen LogP contribution in [-0.2, 0) is 4.79 Å². The number of amides is 1. The van der Waals surface area contributed by atoms with Gasteiger partial charge in [-0.1, -0.05) is 0 Å². The summed E-state index contributed by atoms with van der Waals surface area (Å²) >= 11 is 0. The number of nitrogens with two attached hydrogens (primary N) is 1. The number of carbonyl (C=O) groups excluding carboxylic acids is 1. The predicted molar refractivity (Wildman–Crippen MR) is 32.0 cm³/mol. The normalized spacial score (nSPS) is 9.62. The minimum atomic E-state index is -0.425. The molecule has 0 aromatic carbocycles. The van der Waals surface area contributed by atoms with E-state index in [0.29, 0.717) is 0 Å². The standard InChI is InChI=1S/C5H10N2O/c1-2-7-4-3-5(6)8/h3-4,7H,2H2,1H3,(H2,6,8)/b4-3-. The van der Waals surface area contributed by atoms with Gasteiger partial charge in [-0.05, 0) is 6.92 Å². The van der Waals surface area contributed by atoms with Crippen LogP contribution in [0.15, 0.2) is 12.3 Å². The molecule has 0 radical (unpaired) electrons. The van der Waals surface area contributed by atoms with Crippen molar-refractivity contribution in [3.05, 3.63) is 12.3 Å². The Labute approximate surface area is 48.6 Å². The summed E-state index contributed by atoms with van der Waals surface area (Å²) in [6.07, 6.45) is 2.81. The van der Waals surface area contributed by atoms with Crippen molar-refractivity contribution in [1.82, 2.24) is 5.32 Å². The lowest BCUT2D eigenvalue weighted by Crippen LogP contribution is -2.09. The van der Waals surface area contributed by atoms with E-state index in [1.807, 2.05) is 6.92 Å². The topological polar surface area (TPSA) is 55.1 Å². The van der Waals surface area contributed by atoms with Crippen LogP contribution in [0.3, 0.4) is 0 Å². The molecule has 46 valence electrons. The Morgan fingerprint density at radius 2 is 2.50 bits per heavy atom. The van der Waals surface area contributed by atoms with E-state index >= 15 is 0 Å². The lowest BCUT2D eigenvalue weighted by Gasteiger charge is -1.87. The summed E-state index contributed by atoms with van der Waals surface area (Å²) in [5, 5.41) is 2.80. The zero-order chi connectivity index (χ0) is 6.41. The first-order valence-electron chi connectivity index (χ1n) is 2.46. The van der Waals surface area contributed by atoms with Gasteiger partial charge in [-0.2, -0.15) is 0 Å². The molecule has 0 aromatic heterocycles. The van der Waals surface area contributed by atoms with Crippen molar-refractivity contribution in [2.24, 2.45) is 5.73 Å². The van der Waals surface area contributed by atoms with Crippen molar-refractivity contribution in [2.75, 3.05) is 6.54 Å². The average molecular weight is 114 g/mol. The van der Waals surface area contributed by atoms with Crippen molar-refractivity contribution in [3.8, 4) is 0 Å². The second-order valence-corrected chi connectivity index (χ2v) is 1.29. The fourth-order valence-corrected chi connectivity index (χ4v) is 0.259. The van der Waals surface area contributed by atoms with Crippen LogP contribution >= 0.6 is 0 Å². The van der Waals surface area contributed by atoms with Gasteiger partial charge in [0.05, 0.1) is 0 Å². The highest BCUT2D eigenvalue weighted by molar-refractivity contribution is 5.85. The molecule has 0 atom stereocenters. The van der Waals surface area contributed by atoms with Gasteiger partial charge >= 0.3 is 0 Å². The van der Waals surface area contributed by atoms with Crippen LogP contribution in [0.1, 0.15) is 6.92 Å². The molecule has 0 aliphatic rings. The van der Waals surface area contributed by atoms with Crippen LogP contribution in [0.4, 0.5) is 0 Å². The van der Waals surface area contributed by atoms with Crippen LogP contribution in [-0.4, -0.2) is 12.5 Å². The third-order valence-corrected chi connectivity index (χ3v) is 0.570. The van der Waals surface area contributed by atoms with Gasteiger partial charge in [0, 0.05) is 18.8 Å². The lowest BCUT2D eigenvalue weighted by atomic mass is 10.6. The van der Waals surface area contributed by atoms with E-state index in [-0.39, 0.29) is 0 Å². The summed E-state index contributed by atoms with van der Waals surface area (Å²) in [6.45, 7) is 2.75. The van der Waals surface area contributed by atoms with E-state index in [4.69, 9.17) is 5.73 Å². The molecule has 3 heteroatoms. The van der Waals surface area contributed by atoms with Crippen LogP contribution < -0.4 is 11.1 Å². The van der Waals surface area contributed by atoms with Crippen molar-refractivity contribution >= 4 is 5.91 Å². The number of primary amides is 1. The van der Waals surface area contributed by atoms with E-state index in [2.05, 4.69) is 5.32 Å². The Hall–Kier alpha value is -0.990. The molecule has 0 bridgehead atoms. The second-order valence-electron chi connectivity index (χ2n) is 1.29. The lowest BCUT2D eigenvalue weighted by molar-refractivity contribution is -0.113. The van der Waals surface area contributed by atoms with E-state index in [0.717, 1.165) is 6.54 Å². The van der Waals surface area contributed by atoms with Crippen LogP contribution in [0.25, 0.3) is 0 Å². The van der Waals surface area contributed by atoms with E-state index in [1.165, 1.54) is 12.3 Å². The first-order chi connectivity index (χ1) is 3.77. The van der Waals surface area contributed by atoms with Crippen LogP contribution in [0.5, 0.6) is 0 Å². The summed E-state index contributed by atoms with van der Waals surface area (Å²) in [5.41, 5.74) is 4.77. The third-order valence-electron chi connectivity index (χ3n) is 0.570. The Bertz CT molecular complexity index is 98.6. The first kappa shape index (κ1) is 7.01. The summed E-state index contributed by atoms with van der Waals surface area (Å²) in [4.78, 5) is 9.97. The Morgan fingerprint density at radius 3 is 2.88 bits per heavy atom. The van der Waals surface area contributed by atoms with Gasteiger partial charge in [-0.25, -0.2) is 0 Å². The molecule has 3 N–H and O–H groups in total. The minimum absolute atomic E-state index is 0.425. The van der Waals surface area contributed by atoms with E-state index in [9.17, 15) is 4.79 Å². The number of hydrogen-bond acceptors (Lipinski definition) is 2. The van der Waals surface area contributed by atoms with Gasteiger partial charge in [0.2, 0.25) is 5.91 Å². The maximum atomic E-state index is 9.97. The summed E-state index contributed by atoms with van der Waals surface area (Å²) in [7, 11) is 0. The van der Waals surface area contributed by atoms with Crippen molar-refractivity contribution in [1.29, 1.82) is 0 Å². The van der Waals surface area contributed by atoms with Gasteiger partial charge in [0.25, 0.3) is 0 Å². The summed E-state index contributed by atoms with van der Waals surface area (Å²) in [6, 6.07) is 0. The van der Waals surface area contributed by atoms with Gasteiger partial charge in [-0.3, -0.25) is 4.79 Å². The Balaban J connectivity index is 3.20. The predicted octanol–water partition coefficient (Wildman–Crippen LogP) is -0.405. The number of nitrogens with one attached hydrogen (secondary N) is 1. The largest absolute Gasteiger partial charge is 0.391 e. The highest BCUT2D eigenvalue weighted by Gasteiger charge is 1.77. The summed E-state index contributed by atoms with van der Waals surface area (Å²) in [5.74, 6) is -0.425. The molecular weight excluding hydrogens is 104 g/mol. The first-order valence-corrected chi connectivity index (χ1v) is 2.46. The molecule has 1 amide bonds. The van der Waals surface area contributed by atoms with E-state index < -0.39 is 5.91 Å². The molecule has 0 aromatic rings. The number of hydrogen-bond donors (Lipinski definition) is 2. The number of rotatable bonds is 3. The SMILES string of the molecule is CCN/C=C\C(N)=O. The zero-order valence-electron chi connectivity index (χ0n) is 4.85. The van der Waals surface area contributed by atoms with Gasteiger partial charge in [0.15, 0.2) is 0 Å². The molecule has 8 heavy (non-hydrogen) atoms. The molecule has 0 fully saturated rings.